The number of likely N-dealkylation sites (tertiary alicyclic amines) is 1. The second-order valence-electron chi connectivity index (χ2n) is 7.15. The van der Waals surface area contributed by atoms with Crippen LogP contribution in [0.5, 0.6) is 0 Å². The Morgan fingerprint density at radius 2 is 1.38 bits per heavy atom. The molecule has 1 heterocycles. The third-order valence-electron chi connectivity index (χ3n) is 5.18. The van der Waals surface area contributed by atoms with Crippen molar-refractivity contribution in [3.05, 3.63) is 71.8 Å². The van der Waals surface area contributed by atoms with E-state index in [2.05, 4.69) is 10.2 Å². The smallest absolute Gasteiger partial charge is 0.232 e. The lowest BCUT2D eigenvalue weighted by Gasteiger charge is -2.21. The van der Waals surface area contributed by atoms with Gasteiger partial charge >= 0.3 is 0 Å². The SMILES string of the molecule is O=C(NCCCN1CCCCCC1)C(c1ccccc1)c1ccccc1. The van der Waals surface area contributed by atoms with Crippen molar-refractivity contribution < 1.29 is 4.79 Å². The summed E-state index contributed by atoms with van der Waals surface area (Å²) in [5.41, 5.74) is 2.09. The van der Waals surface area contributed by atoms with Crippen LogP contribution in [0.15, 0.2) is 60.7 Å². The van der Waals surface area contributed by atoms with Crippen LogP contribution < -0.4 is 5.32 Å². The van der Waals surface area contributed by atoms with Crippen LogP contribution in [0.2, 0.25) is 0 Å². The fourth-order valence-corrected chi connectivity index (χ4v) is 3.76. The Bertz CT molecular complexity index is 609. The summed E-state index contributed by atoms with van der Waals surface area (Å²) in [6.07, 6.45) is 6.38. The Balaban J connectivity index is 1.56. The zero-order valence-electron chi connectivity index (χ0n) is 15.6. The summed E-state index contributed by atoms with van der Waals surface area (Å²) in [6, 6.07) is 20.1. The number of nitrogens with zero attached hydrogens (tertiary/aromatic N) is 1. The van der Waals surface area contributed by atoms with Gasteiger partial charge in [0.05, 0.1) is 5.92 Å². The number of rotatable bonds is 7. The summed E-state index contributed by atoms with van der Waals surface area (Å²) in [6.45, 7) is 4.25. The highest BCUT2D eigenvalue weighted by molar-refractivity contribution is 5.87. The summed E-state index contributed by atoms with van der Waals surface area (Å²) >= 11 is 0. The molecular formula is C23H30N2O. The molecule has 26 heavy (non-hydrogen) atoms. The molecule has 3 nitrogen and oxygen atoms in total. The maximum atomic E-state index is 12.9. The van der Waals surface area contributed by atoms with Crippen molar-refractivity contribution in [2.45, 2.75) is 38.0 Å². The van der Waals surface area contributed by atoms with Crippen LogP contribution in [0.3, 0.4) is 0 Å². The van der Waals surface area contributed by atoms with Crippen LogP contribution in [-0.2, 0) is 4.79 Å². The molecule has 2 aromatic rings. The lowest BCUT2D eigenvalue weighted by atomic mass is 9.90. The highest BCUT2D eigenvalue weighted by Crippen LogP contribution is 2.24. The molecule has 1 saturated heterocycles. The van der Waals surface area contributed by atoms with Crippen LogP contribution >= 0.6 is 0 Å². The zero-order chi connectivity index (χ0) is 18.0. The van der Waals surface area contributed by atoms with Gasteiger partial charge in [0.2, 0.25) is 5.91 Å². The monoisotopic (exact) mass is 350 g/mol. The van der Waals surface area contributed by atoms with Gasteiger partial charge in [-0.25, -0.2) is 0 Å². The minimum absolute atomic E-state index is 0.0956. The molecule has 0 atom stereocenters. The third-order valence-corrected chi connectivity index (χ3v) is 5.18. The van der Waals surface area contributed by atoms with E-state index in [0.29, 0.717) is 0 Å². The van der Waals surface area contributed by atoms with Gasteiger partial charge in [-0.05, 0) is 50.0 Å². The second kappa shape index (κ2) is 10.1. The quantitative estimate of drug-likeness (QED) is 0.759. The number of nitrogens with one attached hydrogen (secondary N) is 1. The van der Waals surface area contributed by atoms with E-state index in [0.717, 1.165) is 30.6 Å². The molecule has 0 aliphatic carbocycles. The summed E-state index contributed by atoms with van der Waals surface area (Å²) in [5.74, 6) is -0.145. The first kappa shape index (κ1) is 18.7. The molecule has 2 aromatic carbocycles. The van der Waals surface area contributed by atoms with Crippen molar-refractivity contribution in [1.29, 1.82) is 0 Å². The van der Waals surface area contributed by atoms with Crippen LogP contribution in [0.1, 0.15) is 49.1 Å². The molecule has 0 bridgehead atoms. The molecule has 0 saturated carbocycles. The van der Waals surface area contributed by atoms with Gasteiger partial charge in [-0.1, -0.05) is 73.5 Å². The minimum Gasteiger partial charge on any atom is -0.355 e. The minimum atomic E-state index is -0.240. The molecule has 1 fully saturated rings. The summed E-state index contributed by atoms with van der Waals surface area (Å²) in [5, 5.41) is 3.17. The van der Waals surface area contributed by atoms with E-state index in [1.807, 2.05) is 60.7 Å². The Labute approximate surface area is 157 Å². The molecule has 0 spiro atoms. The first-order chi connectivity index (χ1) is 12.8. The van der Waals surface area contributed by atoms with Crippen molar-refractivity contribution in [2.24, 2.45) is 0 Å². The lowest BCUT2D eigenvalue weighted by Crippen LogP contribution is -2.33. The van der Waals surface area contributed by atoms with Gasteiger partial charge in [0.1, 0.15) is 0 Å². The average Bonchev–Trinajstić information content (AvgIpc) is 2.96. The standard InChI is InChI=1S/C23H30N2O/c26-23(24-16-11-19-25-17-9-1-2-10-18-25)22(20-12-5-3-6-13-20)21-14-7-4-8-15-21/h3-8,12-15,22H,1-2,9-11,16-19H2,(H,24,26). The fourth-order valence-electron chi connectivity index (χ4n) is 3.76. The first-order valence-electron chi connectivity index (χ1n) is 9.94. The number of hydrogen-bond donors (Lipinski definition) is 1. The highest BCUT2D eigenvalue weighted by Gasteiger charge is 2.22. The van der Waals surface area contributed by atoms with Crippen LogP contribution in [-0.4, -0.2) is 37.0 Å². The van der Waals surface area contributed by atoms with E-state index < -0.39 is 0 Å². The highest BCUT2D eigenvalue weighted by atomic mass is 16.1. The number of carbonyl (C=O) groups excluding carboxylic acids is 1. The van der Waals surface area contributed by atoms with Crippen molar-refractivity contribution in [1.82, 2.24) is 10.2 Å². The topological polar surface area (TPSA) is 32.3 Å². The number of benzene rings is 2. The van der Waals surface area contributed by atoms with Crippen LogP contribution in [0.25, 0.3) is 0 Å². The van der Waals surface area contributed by atoms with Gasteiger partial charge in [0, 0.05) is 6.54 Å². The van der Waals surface area contributed by atoms with Gasteiger partial charge < -0.3 is 10.2 Å². The molecule has 3 heteroatoms. The summed E-state index contributed by atoms with van der Waals surface area (Å²) in [7, 11) is 0. The normalized spacial score (nSPS) is 15.6. The molecule has 138 valence electrons. The van der Waals surface area contributed by atoms with Crippen molar-refractivity contribution >= 4 is 5.91 Å². The average molecular weight is 351 g/mol. The Kier molecular flexibility index (Phi) is 7.26. The van der Waals surface area contributed by atoms with Gasteiger partial charge in [0.25, 0.3) is 0 Å². The van der Waals surface area contributed by atoms with Gasteiger partial charge in [-0.15, -0.1) is 0 Å². The van der Waals surface area contributed by atoms with Crippen LogP contribution in [0.4, 0.5) is 0 Å². The van der Waals surface area contributed by atoms with Gasteiger partial charge in [0.15, 0.2) is 0 Å². The number of carbonyl (C=O) groups is 1. The van der Waals surface area contributed by atoms with E-state index in [1.54, 1.807) is 0 Å². The Morgan fingerprint density at radius 3 is 1.92 bits per heavy atom. The third kappa shape index (κ3) is 5.43. The van der Waals surface area contributed by atoms with Crippen molar-refractivity contribution in [3.8, 4) is 0 Å². The van der Waals surface area contributed by atoms with Gasteiger partial charge in [-0.2, -0.15) is 0 Å². The summed E-state index contributed by atoms with van der Waals surface area (Å²) in [4.78, 5) is 15.5. The molecule has 1 aliphatic heterocycles. The first-order valence-corrected chi connectivity index (χ1v) is 9.94. The predicted octanol–water partition coefficient (Wildman–Crippen LogP) is 4.20. The van der Waals surface area contributed by atoms with Crippen molar-refractivity contribution in [2.75, 3.05) is 26.2 Å². The molecular weight excluding hydrogens is 320 g/mol. The molecule has 3 rings (SSSR count). The molecule has 1 N–H and O–H groups in total. The Morgan fingerprint density at radius 1 is 0.846 bits per heavy atom. The van der Waals surface area contributed by atoms with Crippen molar-refractivity contribution in [3.63, 3.8) is 0 Å². The lowest BCUT2D eigenvalue weighted by molar-refractivity contribution is -0.121. The van der Waals surface area contributed by atoms with Crippen LogP contribution in [0, 0.1) is 0 Å². The maximum Gasteiger partial charge on any atom is 0.232 e. The van der Waals surface area contributed by atoms with E-state index in [9.17, 15) is 4.79 Å². The van der Waals surface area contributed by atoms with E-state index in [4.69, 9.17) is 0 Å². The molecule has 1 amide bonds. The molecule has 0 aromatic heterocycles. The van der Waals surface area contributed by atoms with Gasteiger partial charge in [-0.3, -0.25) is 4.79 Å². The zero-order valence-corrected chi connectivity index (χ0v) is 15.6. The number of amides is 1. The summed E-state index contributed by atoms with van der Waals surface area (Å²) < 4.78 is 0. The van der Waals surface area contributed by atoms with E-state index in [1.165, 1.54) is 38.8 Å². The van der Waals surface area contributed by atoms with E-state index >= 15 is 0 Å². The molecule has 1 aliphatic rings. The molecule has 0 radical (unpaired) electrons. The predicted molar refractivity (Wildman–Crippen MR) is 107 cm³/mol. The Hall–Kier alpha value is -2.13. The fraction of sp³-hybridized carbons (Fsp3) is 0.435. The second-order valence-corrected chi connectivity index (χ2v) is 7.15. The maximum absolute atomic E-state index is 12.9. The number of hydrogen-bond acceptors (Lipinski definition) is 2. The molecule has 0 unspecified atom stereocenters. The van der Waals surface area contributed by atoms with E-state index in [-0.39, 0.29) is 11.8 Å². The largest absolute Gasteiger partial charge is 0.355 e.